The highest BCUT2D eigenvalue weighted by molar-refractivity contribution is 5.97. The van der Waals surface area contributed by atoms with Gasteiger partial charge in [0.1, 0.15) is 6.10 Å². The summed E-state index contributed by atoms with van der Waals surface area (Å²) in [6.07, 6.45) is -4.63. The van der Waals surface area contributed by atoms with Crippen molar-refractivity contribution in [3.63, 3.8) is 0 Å². The van der Waals surface area contributed by atoms with Gasteiger partial charge in [0.05, 0.1) is 12.2 Å². The minimum atomic E-state index is -4.40. The van der Waals surface area contributed by atoms with E-state index in [0.717, 1.165) is 49.6 Å². The third kappa shape index (κ3) is 4.85. The predicted molar refractivity (Wildman–Crippen MR) is 113 cm³/mol. The Labute approximate surface area is 180 Å². The molecule has 8 heteroatoms. The molecule has 2 aliphatic rings. The van der Waals surface area contributed by atoms with Gasteiger partial charge < -0.3 is 19.4 Å². The summed E-state index contributed by atoms with van der Waals surface area (Å²) in [6.45, 7) is 4.47. The van der Waals surface area contributed by atoms with Crippen LogP contribution in [0.15, 0.2) is 48.5 Å². The molecule has 4 rings (SSSR count). The van der Waals surface area contributed by atoms with E-state index in [-0.39, 0.29) is 5.91 Å². The van der Waals surface area contributed by atoms with Crippen LogP contribution in [-0.4, -0.2) is 63.3 Å². The van der Waals surface area contributed by atoms with E-state index < -0.39 is 17.8 Å². The van der Waals surface area contributed by atoms with Crippen LogP contribution in [0.2, 0.25) is 0 Å². The lowest BCUT2D eigenvalue weighted by Crippen LogP contribution is -2.49. The highest BCUT2D eigenvalue weighted by atomic mass is 19.4. The highest BCUT2D eigenvalue weighted by Gasteiger charge is 2.33. The number of halogens is 3. The van der Waals surface area contributed by atoms with Crippen LogP contribution in [-0.2, 0) is 22.1 Å². The SMILES string of the molecule is CN1CCN(c2ccccc2CC2OCCN(c3ccc(C(F)(F)F)cc3)C2=O)CC1. The zero-order valence-electron chi connectivity index (χ0n) is 17.4. The van der Waals surface area contributed by atoms with Gasteiger partial charge in [-0.25, -0.2) is 0 Å². The second-order valence-corrected chi connectivity index (χ2v) is 8.02. The van der Waals surface area contributed by atoms with Gasteiger partial charge in [-0.15, -0.1) is 0 Å². The Hall–Kier alpha value is -2.58. The Kier molecular flexibility index (Phi) is 6.20. The number of ether oxygens (including phenoxy) is 1. The largest absolute Gasteiger partial charge is 0.416 e. The molecule has 0 spiro atoms. The molecular formula is C23H26F3N3O2. The molecular weight excluding hydrogens is 407 g/mol. The lowest BCUT2D eigenvalue weighted by atomic mass is 10.0. The number of alkyl halides is 3. The summed E-state index contributed by atoms with van der Waals surface area (Å²) >= 11 is 0. The Morgan fingerprint density at radius 1 is 0.968 bits per heavy atom. The number of likely N-dealkylation sites (N-methyl/N-ethyl adjacent to an activating group) is 1. The van der Waals surface area contributed by atoms with Crippen LogP contribution >= 0.6 is 0 Å². The standard InChI is InChI=1S/C23H26F3N3O2/c1-27-10-12-28(13-11-27)20-5-3-2-4-17(20)16-21-22(30)29(14-15-31-21)19-8-6-18(7-9-19)23(24,25)26/h2-9,21H,10-16H2,1H3. The molecule has 1 amide bonds. The maximum atomic E-state index is 13.1. The number of hydrogen-bond acceptors (Lipinski definition) is 4. The zero-order chi connectivity index (χ0) is 22.0. The number of piperazine rings is 1. The van der Waals surface area contributed by atoms with Gasteiger partial charge in [0.2, 0.25) is 0 Å². The predicted octanol–water partition coefficient (Wildman–Crippen LogP) is 3.43. The van der Waals surface area contributed by atoms with Crippen molar-refractivity contribution < 1.29 is 22.7 Å². The quantitative estimate of drug-likeness (QED) is 0.740. The van der Waals surface area contributed by atoms with E-state index in [0.29, 0.717) is 25.3 Å². The molecule has 0 saturated carbocycles. The smallest absolute Gasteiger partial charge is 0.369 e. The average Bonchev–Trinajstić information content (AvgIpc) is 2.76. The van der Waals surface area contributed by atoms with Gasteiger partial charge in [-0.2, -0.15) is 13.2 Å². The number of carbonyl (C=O) groups is 1. The maximum absolute atomic E-state index is 13.1. The number of nitrogens with zero attached hydrogens (tertiary/aromatic N) is 3. The van der Waals surface area contributed by atoms with Gasteiger partial charge in [-0.1, -0.05) is 18.2 Å². The van der Waals surface area contributed by atoms with Gasteiger partial charge in [-0.3, -0.25) is 4.79 Å². The van der Waals surface area contributed by atoms with Crippen molar-refractivity contribution in [2.45, 2.75) is 18.7 Å². The molecule has 0 aliphatic carbocycles. The Balaban J connectivity index is 1.49. The van der Waals surface area contributed by atoms with Crippen LogP contribution in [0, 0.1) is 0 Å². The van der Waals surface area contributed by atoms with Crippen LogP contribution in [0.25, 0.3) is 0 Å². The van der Waals surface area contributed by atoms with E-state index in [4.69, 9.17) is 4.74 Å². The average molecular weight is 433 g/mol. The van der Waals surface area contributed by atoms with Crippen molar-refractivity contribution in [2.24, 2.45) is 0 Å². The van der Waals surface area contributed by atoms with Crippen LogP contribution in [0.1, 0.15) is 11.1 Å². The van der Waals surface area contributed by atoms with Gasteiger partial charge in [0.15, 0.2) is 0 Å². The first-order valence-electron chi connectivity index (χ1n) is 10.4. The molecule has 0 aromatic heterocycles. The normalized spacial score (nSPS) is 20.9. The van der Waals surface area contributed by atoms with Gasteiger partial charge >= 0.3 is 6.18 Å². The first kappa shape index (κ1) is 21.6. The summed E-state index contributed by atoms with van der Waals surface area (Å²) in [6, 6.07) is 12.8. The first-order chi connectivity index (χ1) is 14.8. The summed E-state index contributed by atoms with van der Waals surface area (Å²) in [7, 11) is 2.10. The van der Waals surface area contributed by atoms with Crippen molar-refractivity contribution in [2.75, 3.05) is 56.2 Å². The highest BCUT2D eigenvalue weighted by Crippen LogP contribution is 2.31. The molecule has 2 aliphatic heterocycles. The molecule has 2 aromatic rings. The Bertz CT molecular complexity index is 909. The van der Waals surface area contributed by atoms with Gasteiger partial charge in [0.25, 0.3) is 5.91 Å². The van der Waals surface area contributed by atoms with Gasteiger partial charge in [0, 0.05) is 50.5 Å². The van der Waals surface area contributed by atoms with E-state index in [9.17, 15) is 18.0 Å². The molecule has 1 unspecified atom stereocenters. The lowest BCUT2D eigenvalue weighted by Gasteiger charge is -2.36. The monoisotopic (exact) mass is 433 g/mol. The molecule has 0 N–H and O–H groups in total. The molecule has 2 fully saturated rings. The molecule has 5 nitrogen and oxygen atoms in total. The minimum absolute atomic E-state index is 0.223. The number of para-hydroxylation sites is 1. The topological polar surface area (TPSA) is 36.0 Å². The van der Waals surface area contributed by atoms with Crippen molar-refractivity contribution in [1.29, 1.82) is 0 Å². The molecule has 2 saturated heterocycles. The van der Waals surface area contributed by atoms with Crippen molar-refractivity contribution in [1.82, 2.24) is 4.90 Å². The van der Waals surface area contributed by atoms with Crippen molar-refractivity contribution in [3.8, 4) is 0 Å². The van der Waals surface area contributed by atoms with Gasteiger partial charge in [-0.05, 0) is 42.9 Å². The molecule has 31 heavy (non-hydrogen) atoms. The molecule has 2 aromatic carbocycles. The summed E-state index contributed by atoms with van der Waals surface area (Å²) in [5.74, 6) is -0.223. The maximum Gasteiger partial charge on any atom is 0.416 e. The molecule has 0 radical (unpaired) electrons. The third-order valence-electron chi connectivity index (χ3n) is 5.92. The van der Waals surface area contributed by atoms with Crippen molar-refractivity contribution >= 4 is 17.3 Å². The number of carbonyl (C=O) groups excluding carboxylic acids is 1. The summed E-state index contributed by atoms with van der Waals surface area (Å²) < 4.78 is 44.3. The fourth-order valence-electron chi connectivity index (χ4n) is 4.11. The van der Waals surface area contributed by atoms with E-state index in [1.165, 1.54) is 17.0 Å². The Morgan fingerprint density at radius 3 is 2.32 bits per heavy atom. The van der Waals surface area contributed by atoms with Crippen LogP contribution in [0.4, 0.5) is 24.5 Å². The number of rotatable bonds is 4. The molecule has 2 heterocycles. The third-order valence-corrected chi connectivity index (χ3v) is 5.92. The Morgan fingerprint density at radius 2 is 1.65 bits per heavy atom. The van der Waals surface area contributed by atoms with Crippen LogP contribution in [0.5, 0.6) is 0 Å². The number of anilines is 2. The van der Waals surface area contributed by atoms with E-state index in [1.54, 1.807) is 0 Å². The number of amides is 1. The number of morpholine rings is 1. The second-order valence-electron chi connectivity index (χ2n) is 8.02. The van der Waals surface area contributed by atoms with Crippen molar-refractivity contribution in [3.05, 3.63) is 59.7 Å². The fourth-order valence-corrected chi connectivity index (χ4v) is 4.11. The van der Waals surface area contributed by atoms with E-state index >= 15 is 0 Å². The summed E-state index contributed by atoms with van der Waals surface area (Å²) in [4.78, 5) is 19.2. The molecule has 166 valence electrons. The van der Waals surface area contributed by atoms with E-state index in [1.807, 2.05) is 18.2 Å². The van der Waals surface area contributed by atoms with Crippen LogP contribution < -0.4 is 9.80 Å². The zero-order valence-corrected chi connectivity index (χ0v) is 17.4. The minimum Gasteiger partial charge on any atom is -0.369 e. The molecule has 0 bridgehead atoms. The van der Waals surface area contributed by atoms with Crippen LogP contribution in [0.3, 0.4) is 0 Å². The summed E-state index contributed by atoms with van der Waals surface area (Å²) in [5, 5.41) is 0. The van der Waals surface area contributed by atoms with E-state index in [2.05, 4.69) is 22.9 Å². The fraction of sp³-hybridized carbons (Fsp3) is 0.435. The second kappa shape index (κ2) is 8.88. The number of hydrogen-bond donors (Lipinski definition) is 0. The number of benzene rings is 2. The lowest BCUT2D eigenvalue weighted by molar-refractivity contribution is -0.137. The summed E-state index contributed by atoms with van der Waals surface area (Å²) in [5.41, 5.74) is 1.88. The first-order valence-corrected chi connectivity index (χ1v) is 10.4. The molecule has 1 atom stereocenters.